The van der Waals surface area contributed by atoms with Crippen LogP contribution in [-0.2, 0) is 0 Å². The molecule has 0 spiro atoms. The Morgan fingerprint density at radius 1 is 0.781 bits per heavy atom. The second kappa shape index (κ2) is 8.00. The van der Waals surface area contributed by atoms with Crippen molar-refractivity contribution in [2.75, 3.05) is 0 Å². The van der Waals surface area contributed by atoms with E-state index >= 15 is 0 Å². The summed E-state index contributed by atoms with van der Waals surface area (Å²) in [5, 5.41) is 14.1. The zero-order valence-electron chi connectivity index (χ0n) is 16.9. The number of ether oxygens (including phenoxy) is 1. The van der Waals surface area contributed by atoms with E-state index in [1.807, 2.05) is 60.7 Å². The number of carbonyl (C=O) groups excluding carboxylic acids is 1. The van der Waals surface area contributed by atoms with Crippen molar-refractivity contribution in [3.8, 4) is 22.6 Å². The van der Waals surface area contributed by atoms with Crippen molar-refractivity contribution in [3.05, 3.63) is 124 Å². The van der Waals surface area contributed by atoms with Crippen LogP contribution < -0.4 is 10.1 Å². The maximum atomic E-state index is 13.4. The van der Waals surface area contributed by atoms with E-state index in [0.29, 0.717) is 22.6 Å². The molecule has 5 rings (SSSR count). The maximum Gasteiger partial charge on any atom is 0.269 e. The molecule has 1 heterocycles. The molecule has 0 bridgehead atoms. The van der Waals surface area contributed by atoms with Gasteiger partial charge < -0.3 is 10.1 Å². The van der Waals surface area contributed by atoms with Gasteiger partial charge in [0.05, 0.1) is 11.0 Å². The van der Waals surface area contributed by atoms with E-state index in [4.69, 9.17) is 4.74 Å². The molecule has 1 aliphatic heterocycles. The van der Waals surface area contributed by atoms with Gasteiger partial charge in [-0.1, -0.05) is 54.6 Å². The number of rotatable bonds is 4. The standard InChI is InChI=1S/C26H18N2O4/c29-26(20-8-2-1-7-19(20)17-13-15-18(16-14-17)28(30)31)27-25-21-9-3-5-11-23(21)32-24-12-6-4-10-22(24)25/h1-16,25H,(H,27,29). The predicted octanol–water partition coefficient (Wildman–Crippen LogP) is 5.89. The molecule has 4 aromatic carbocycles. The van der Waals surface area contributed by atoms with E-state index in [2.05, 4.69) is 5.32 Å². The van der Waals surface area contributed by atoms with Gasteiger partial charge in [0.15, 0.2) is 0 Å². The molecule has 6 nitrogen and oxygen atoms in total. The number of non-ortho nitro benzene ring substituents is 1. The minimum Gasteiger partial charge on any atom is -0.457 e. The molecule has 0 atom stereocenters. The largest absolute Gasteiger partial charge is 0.457 e. The van der Waals surface area contributed by atoms with Crippen molar-refractivity contribution >= 4 is 11.6 Å². The number of nitro groups is 1. The average Bonchev–Trinajstić information content (AvgIpc) is 2.84. The number of benzene rings is 4. The van der Waals surface area contributed by atoms with Gasteiger partial charge in [0.1, 0.15) is 11.5 Å². The second-order valence-electron chi connectivity index (χ2n) is 7.43. The van der Waals surface area contributed by atoms with Crippen molar-refractivity contribution < 1.29 is 14.5 Å². The van der Waals surface area contributed by atoms with Crippen LogP contribution in [-0.4, -0.2) is 10.8 Å². The molecule has 0 saturated carbocycles. The molecule has 1 aliphatic rings. The molecule has 0 fully saturated rings. The smallest absolute Gasteiger partial charge is 0.269 e. The fourth-order valence-corrected chi connectivity index (χ4v) is 3.97. The molecule has 0 unspecified atom stereocenters. The Balaban J connectivity index is 1.52. The number of para-hydroxylation sites is 2. The highest BCUT2D eigenvalue weighted by atomic mass is 16.6. The third-order valence-corrected chi connectivity index (χ3v) is 5.52. The van der Waals surface area contributed by atoms with Crippen molar-refractivity contribution in [2.24, 2.45) is 0 Å². The van der Waals surface area contributed by atoms with Crippen LogP contribution in [0.2, 0.25) is 0 Å². The molecule has 0 radical (unpaired) electrons. The number of carbonyl (C=O) groups is 1. The van der Waals surface area contributed by atoms with Gasteiger partial charge >= 0.3 is 0 Å². The molecule has 156 valence electrons. The molecule has 32 heavy (non-hydrogen) atoms. The van der Waals surface area contributed by atoms with Crippen LogP contribution in [0.15, 0.2) is 97.1 Å². The molecule has 0 aromatic heterocycles. The minimum atomic E-state index is -0.442. The van der Waals surface area contributed by atoms with Gasteiger partial charge in [-0.3, -0.25) is 14.9 Å². The Morgan fingerprint density at radius 2 is 1.34 bits per heavy atom. The van der Waals surface area contributed by atoms with Gasteiger partial charge in [-0.2, -0.15) is 0 Å². The van der Waals surface area contributed by atoms with E-state index < -0.39 is 4.92 Å². The Morgan fingerprint density at radius 3 is 1.97 bits per heavy atom. The van der Waals surface area contributed by atoms with Crippen LogP contribution in [0, 0.1) is 10.1 Å². The van der Waals surface area contributed by atoms with Crippen LogP contribution in [0.5, 0.6) is 11.5 Å². The topological polar surface area (TPSA) is 81.5 Å². The summed E-state index contributed by atoms with van der Waals surface area (Å²) in [5.41, 5.74) is 3.69. The Hall–Kier alpha value is -4.45. The third-order valence-electron chi connectivity index (χ3n) is 5.52. The lowest BCUT2D eigenvalue weighted by Crippen LogP contribution is -2.31. The maximum absolute atomic E-state index is 13.4. The highest BCUT2D eigenvalue weighted by Crippen LogP contribution is 2.42. The molecule has 0 saturated heterocycles. The van der Waals surface area contributed by atoms with E-state index in [0.717, 1.165) is 16.7 Å². The van der Waals surface area contributed by atoms with Crippen molar-refractivity contribution in [3.63, 3.8) is 0 Å². The number of nitrogens with one attached hydrogen (secondary N) is 1. The van der Waals surface area contributed by atoms with Crippen molar-refractivity contribution in [2.45, 2.75) is 6.04 Å². The number of nitro benzene ring substituents is 1. The van der Waals surface area contributed by atoms with Crippen molar-refractivity contribution in [1.29, 1.82) is 0 Å². The van der Waals surface area contributed by atoms with Gasteiger partial charge in [0, 0.05) is 28.8 Å². The first-order chi connectivity index (χ1) is 15.6. The summed E-state index contributed by atoms with van der Waals surface area (Å²) >= 11 is 0. The van der Waals surface area contributed by atoms with Crippen molar-refractivity contribution in [1.82, 2.24) is 5.32 Å². The highest BCUT2D eigenvalue weighted by molar-refractivity contribution is 6.01. The summed E-state index contributed by atoms with van der Waals surface area (Å²) in [5.74, 6) is 1.18. The lowest BCUT2D eigenvalue weighted by molar-refractivity contribution is -0.384. The summed E-state index contributed by atoms with van der Waals surface area (Å²) in [6, 6.07) is 28.3. The summed E-state index contributed by atoms with van der Waals surface area (Å²) in [7, 11) is 0. The average molecular weight is 422 g/mol. The molecule has 1 amide bonds. The van der Waals surface area contributed by atoms with E-state index in [1.165, 1.54) is 12.1 Å². The molecular weight excluding hydrogens is 404 g/mol. The second-order valence-corrected chi connectivity index (χ2v) is 7.43. The quantitative estimate of drug-likeness (QED) is 0.329. The predicted molar refractivity (Wildman–Crippen MR) is 121 cm³/mol. The molecule has 6 heteroatoms. The molecule has 0 aliphatic carbocycles. The zero-order valence-corrected chi connectivity index (χ0v) is 16.9. The van der Waals surface area contributed by atoms with Gasteiger partial charge in [-0.25, -0.2) is 0 Å². The fraction of sp³-hybridized carbons (Fsp3) is 0.0385. The summed E-state index contributed by atoms with van der Waals surface area (Å²) in [6.07, 6.45) is 0. The van der Waals surface area contributed by atoms with Crippen LogP contribution in [0.3, 0.4) is 0 Å². The Kier molecular flexibility index (Phi) is 4.88. The SMILES string of the molecule is O=C(NC1c2ccccc2Oc2ccccc21)c1ccccc1-c1ccc([N+](=O)[O-])cc1. The Bertz CT molecular complexity index is 1290. The number of nitrogens with zero attached hydrogens (tertiary/aromatic N) is 1. The molecular formula is C26H18N2O4. The lowest BCUT2D eigenvalue weighted by atomic mass is 9.93. The lowest BCUT2D eigenvalue weighted by Gasteiger charge is -2.29. The monoisotopic (exact) mass is 422 g/mol. The first-order valence-electron chi connectivity index (χ1n) is 10.1. The third kappa shape index (κ3) is 3.48. The molecule has 4 aromatic rings. The first kappa shape index (κ1) is 19.5. The van der Waals surface area contributed by atoms with E-state index in [-0.39, 0.29) is 17.6 Å². The minimum absolute atomic E-state index is 0.00565. The van der Waals surface area contributed by atoms with Gasteiger partial charge in [0.2, 0.25) is 0 Å². The number of hydrogen-bond acceptors (Lipinski definition) is 4. The normalized spacial score (nSPS) is 12.2. The van der Waals surface area contributed by atoms with E-state index in [1.54, 1.807) is 24.3 Å². The van der Waals surface area contributed by atoms with Crippen LogP contribution in [0.4, 0.5) is 5.69 Å². The fourth-order valence-electron chi connectivity index (χ4n) is 3.97. The zero-order chi connectivity index (χ0) is 22.1. The number of fused-ring (bicyclic) bond motifs is 2. The van der Waals surface area contributed by atoms with E-state index in [9.17, 15) is 14.9 Å². The number of amides is 1. The van der Waals surface area contributed by atoms with Gasteiger partial charge in [-0.15, -0.1) is 0 Å². The molecule has 1 N–H and O–H groups in total. The summed E-state index contributed by atoms with van der Waals surface area (Å²) in [6.45, 7) is 0. The van der Waals surface area contributed by atoms with Gasteiger partial charge in [0.25, 0.3) is 11.6 Å². The number of hydrogen-bond donors (Lipinski definition) is 1. The highest BCUT2D eigenvalue weighted by Gasteiger charge is 2.29. The van der Waals surface area contributed by atoms with Crippen LogP contribution in [0.1, 0.15) is 27.5 Å². The first-order valence-corrected chi connectivity index (χ1v) is 10.1. The Labute approximate surface area is 184 Å². The van der Waals surface area contributed by atoms with Crippen LogP contribution >= 0.6 is 0 Å². The van der Waals surface area contributed by atoms with Crippen LogP contribution in [0.25, 0.3) is 11.1 Å². The van der Waals surface area contributed by atoms with Gasteiger partial charge in [-0.05, 0) is 41.5 Å². The summed E-state index contributed by atoms with van der Waals surface area (Å²) < 4.78 is 6.01. The summed E-state index contributed by atoms with van der Waals surface area (Å²) in [4.78, 5) is 24.0.